The fourth-order valence-electron chi connectivity index (χ4n) is 2.31. The van der Waals surface area contributed by atoms with Crippen molar-refractivity contribution in [1.82, 2.24) is 9.97 Å². The van der Waals surface area contributed by atoms with Crippen LogP contribution in [0.1, 0.15) is 27.9 Å². The Bertz CT molecular complexity index is 643. The standard InChI is InChI=1S/C15H18N2O/c1-8-6-9(2)12(5)14(11(8)4)13-7-10(3)16-15(18)17-13/h6-7H,1-5H3,(H,16,17,18). The molecule has 0 amide bonds. The summed E-state index contributed by atoms with van der Waals surface area (Å²) in [5, 5.41) is 0. The smallest absolute Gasteiger partial charge is 0.310 e. The molecule has 0 aliphatic heterocycles. The van der Waals surface area contributed by atoms with Gasteiger partial charge in [0, 0.05) is 11.3 Å². The second kappa shape index (κ2) is 4.41. The molecule has 3 nitrogen and oxygen atoms in total. The van der Waals surface area contributed by atoms with Crippen molar-refractivity contribution >= 4 is 0 Å². The molecule has 0 saturated heterocycles. The van der Waals surface area contributed by atoms with Crippen LogP contribution in [0.3, 0.4) is 0 Å². The molecule has 18 heavy (non-hydrogen) atoms. The number of rotatable bonds is 1. The van der Waals surface area contributed by atoms with Gasteiger partial charge in [0.1, 0.15) is 0 Å². The molecule has 0 bridgehead atoms. The predicted molar refractivity (Wildman–Crippen MR) is 74.0 cm³/mol. The highest BCUT2D eigenvalue weighted by Crippen LogP contribution is 2.29. The maximum atomic E-state index is 11.5. The monoisotopic (exact) mass is 242 g/mol. The Morgan fingerprint density at radius 3 is 2.00 bits per heavy atom. The van der Waals surface area contributed by atoms with E-state index in [0.29, 0.717) is 0 Å². The van der Waals surface area contributed by atoms with Gasteiger partial charge in [-0.1, -0.05) is 6.07 Å². The van der Waals surface area contributed by atoms with Crippen molar-refractivity contribution in [3.63, 3.8) is 0 Å². The van der Waals surface area contributed by atoms with E-state index in [9.17, 15) is 4.79 Å². The van der Waals surface area contributed by atoms with E-state index in [1.54, 1.807) is 0 Å². The summed E-state index contributed by atoms with van der Waals surface area (Å²) in [6.07, 6.45) is 0. The van der Waals surface area contributed by atoms with Crippen molar-refractivity contribution in [2.75, 3.05) is 0 Å². The lowest BCUT2D eigenvalue weighted by atomic mass is 9.92. The van der Waals surface area contributed by atoms with Crippen molar-refractivity contribution in [3.8, 4) is 11.3 Å². The minimum absolute atomic E-state index is 0.289. The molecule has 1 aromatic carbocycles. The van der Waals surface area contributed by atoms with E-state index >= 15 is 0 Å². The van der Waals surface area contributed by atoms with Crippen LogP contribution >= 0.6 is 0 Å². The third kappa shape index (κ3) is 2.08. The third-order valence-corrected chi connectivity index (χ3v) is 3.50. The summed E-state index contributed by atoms with van der Waals surface area (Å²) in [4.78, 5) is 18.3. The van der Waals surface area contributed by atoms with E-state index < -0.39 is 0 Å². The molecule has 0 radical (unpaired) electrons. The zero-order valence-corrected chi connectivity index (χ0v) is 11.5. The van der Waals surface area contributed by atoms with E-state index in [-0.39, 0.29) is 5.69 Å². The number of nitrogens with zero attached hydrogens (tertiary/aromatic N) is 1. The van der Waals surface area contributed by atoms with Crippen LogP contribution in [0, 0.1) is 34.6 Å². The second-order valence-electron chi connectivity index (χ2n) is 4.89. The van der Waals surface area contributed by atoms with Gasteiger partial charge in [-0.2, -0.15) is 4.98 Å². The van der Waals surface area contributed by atoms with Gasteiger partial charge in [0.15, 0.2) is 0 Å². The van der Waals surface area contributed by atoms with Gasteiger partial charge in [0.05, 0.1) is 5.69 Å². The van der Waals surface area contributed by atoms with Gasteiger partial charge in [-0.3, -0.25) is 0 Å². The summed E-state index contributed by atoms with van der Waals surface area (Å²) in [5.41, 5.74) is 7.23. The zero-order valence-electron chi connectivity index (χ0n) is 11.5. The van der Waals surface area contributed by atoms with Crippen LogP contribution in [0.2, 0.25) is 0 Å². The zero-order chi connectivity index (χ0) is 13.4. The van der Waals surface area contributed by atoms with Crippen LogP contribution in [-0.4, -0.2) is 9.97 Å². The van der Waals surface area contributed by atoms with E-state index in [1.807, 2.05) is 13.0 Å². The number of aryl methyl sites for hydroxylation is 3. The maximum absolute atomic E-state index is 11.5. The molecule has 2 aromatic rings. The number of aromatic nitrogens is 2. The van der Waals surface area contributed by atoms with E-state index in [2.05, 4.69) is 43.7 Å². The fraction of sp³-hybridized carbons (Fsp3) is 0.333. The molecule has 0 fully saturated rings. The first-order chi connectivity index (χ1) is 8.40. The second-order valence-corrected chi connectivity index (χ2v) is 4.89. The van der Waals surface area contributed by atoms with Crippen LogP contribution in [-0.2, 0) is 0 Å². The molecule has 0 saturated carbocycles. The summed E-state index contributed by atoms with van der Waals surface area (Å²) in [5.74, 6) is 0. The Morgan fingerprint density at radius 1 is 0.944 bits per heavy atom. The van der Waals surface area contributed by atoms with Gasteiger partial charge >= 0.3 is 5.69 Å². The quantitative estimate of drug-likeness (QED) is 0.835. The summed E-state index contributed by atoms with van der Waals surface area (Å²) < 4.78 is 0. The average Bonchev–Trinajstić information content (AvgIpc) is 2.25. The van der Waals surface area contributed by atoms with Crippen molar-refractivity contribution in [2.45, 2.75) is 34.6 Å². The minimum atomic E-state index is -0.289. The van der Waals surface area contributed by atoms with Crippen molar-refractivity contribution in [3.05, 3.63) is 50.6 Å². The van der Waals surface area contributed by atoms with Gasteiger partial charge in [0.25, 0.3) is 0 Å². The summed E-state index contributed by atoms with van der Waals surface area (Å²) >= 11 is 0. The largest absolute Gasteiger partial charge is 0.345 e. The molecule has 94 valence electrons. The number of nitrogens with one attached hydrogen (secondary N) is 1. The summed E-state index contributed by atoms with van der Waals surface area (Å²) in [7, 11) is 0. The van der Waals surface area contributed by atoms with Crippen molar-refractivity contribution in [1.29, 1.82) is 0 Å². The highest BCUT2D eigenvalue weighted by Gasteiger charge is 2.12. The lowest BCUT2D eigenvalue weighted by Gasteiger charge is -2.14. The Morgan fingerprint density at radius 2 is 1.50 bits per heavy atom. The molecule has 1 N–H and O–H groups in total. The van der Waals surface area contributed by atoms with Crippen LogP contribution < -0.4 is 5.69 Å². The van der Waals surface area contributed by atoms with Crippen LogP contribution in [0.5, 0.6) is 0 Å². The van der Waals surface area contributed by atoms with Crippen molar-refractivity contribution < 1.29 is 0 Å². The molecule has 3 heteroatoms. The first kappa shape index (κ1) is 12.6. The highest BCUT2D eigenvalue weighted by atomic mass is 16.1. The lowest BCUT2D eigenvalue weighted by Crippen LogP contribution is -2.13. The van der Waals surface area contributed by atoms with Gasteiger partial charge in [-0.25, -0.2) is 4.79 Å². The predicted octanol–water partition coefficient (Wildman–Crippen LogP) is 2.98. The van der Waals surface area contributed by atoms with Crippen LogP contribution in [0.15, 0.2) is 16.9 Å². The van der Waals surface area contributed by atoms with Crippen molar-refractivity contribution in [2.24, 2.45) is 0 Å². The van der Waals surface area contributed by atoms with E-state index in [0.717, 1.165) is 17.0 Å². The van der Waals surface area contributed by atoms with Crippen LogP contribution in [0.4, 0.5) is 0 Å². The van der Waals surface area contributed by atoms with E-state index in [1.165, 1.54) is 22.3 Å². The molecule has 0 spiro atoms. The SMILES string of the molecule is Cc1cc(-c2c(C)c(C)cc(C)c2C)nc(=O)[nH]1. The number of H-pyrrole nitrogens is 1. The first-order valence-electron chi connectivity index (χ1n) is 6.06. The molecular weight excluding hydrogens is 224 g/mol. The molecule has 0 aliphatic rings. The molecule has 2 rings (SSSR count). The first-order valence-corrected chi connectivity index (χ1v) is 6.06. The molecule has 0 unspecified atom stereocenters. The number of aromatic amines is 1. The molecule has 1 heterocycles. The number of hydrogen-bond acceptors (Lipinski definition) is 2. The highest BCUT2D eigenvalue weighted by molar-refractivity contribution is 5.70. The minimum Gasteiger partial charge on any atom is -0.310 e. The van der Waals surface area contributed by atoms with E-state index in [4.69, 9.17) is 0 Å². The molecule has 0 atom stereocenters. The molecular formula is C15H18N2O. The lowest BCUT2D eigenvalue weighted by molar-refractivity contribution is 1.03. The Labute approximate surface area is 107 Å². The molecule has 0 aliphatic carbocycles. The molecule has 1 aromatic heterocycles. The topological polar surface area (TPSA) is 45.8 Å². The normalized spacial score (nSPS) is 10.7. The van der Waals surface area contributed by atoms with Crippen LogP contribution in [0.25, 0.3) is 11.3 Å². The Balaban J connectivity index is 2.82. The van der Waals surface area contributed by atoms with Gasteiger partial charge in [-0.15, -0.1) is 0 Å². The summed E-state index contributed by atoms with van der Waals surface area (Å²) in [6.45, 7) is 10.2. The maximum Gasteiger partial charge on any atom is 0.345 e. The Hall–Kier alpha value is -1.90. The third-order valence-electron chi connectivity index (χ3n) is 3.50. The van der Waals surface area contributed by atoms with Gasteiger partial charge < -0.3 is 4.98 Å². The Kier molecular flexibility index (Phi) is 3.07. The van der Waals surface area contributed by atoms with Gasteiger partial charge in [-0.05, 0) is 62.9 Å². The summed E-state index contributed by atoms with van der Waals surface area (Å²) in [6, 6.07) is 4.10. The fourth-order valence-corrected chi connectivity index (χ4v) is 2.31. The van der Waals surface area contributed by atoms with Gasteiger partial charge in [0.2, 0.25) is 0 Å². The average molecular weight is 242 g/mol. The number of hydrogen-bond donors (Lipinski definition) is 1. The number of benzene rings is 1.